The van der Waals surface area contributed by atoms with Crippen LogP contribution in [0.2, 0.25) is 0 Å². The van der Waals surface area contributed by atoms with Crippen molar-refractivity contribution in [3.63, 3.8) is 0 Å². The molecule has 0 radical (unpaired) electrons. The van der Waals surface area contributed by atoms with E-state index < -0.39 is 0 Å². The maximum Gasteiger partial charge on any atom is 0.335 e. The lowest BCUT2D eigenvalue weighted by Gasteiger charge is -2.20. The molecule has 1 fully saturated rings. The van der Waals surface area contributed by atoms with Crippen molar-refractivity contribution in [1.29, 1.82) is 0 Å². The number of unbranched alkanes of at least 4 members (excludes halogenated alkanes) is 1. The molecular weight excluding hydrogens is 202 g/mol. The van der Waals surface area contributed by atoms with Gasteiger partial charge in [-0.15, -0.1) is 0 Å². The first-order chi connectivity index (χ1) is 7.79. The monoisotopic (exact) mass is 225 g/mol. The minimum Gasteiger partial charge on any atom is -0.463 e. The highest BCUT2D eigenvalue weighted by Gasteiger charge is 2.17. The van der Waals surface area contributed by atoms with Crippen molar-refractivity contribution in [1.82, 2.24) is 5.32 Å². The molecule has 1 heterocycles. The molecule has 0 saturated carbocycles. The van der Waals surface area contributed by atoms with Crippen LogP contribution in [0.3, 0.4) is 0 Å². The van der Waals surface area contributed by atoms with Crippen LogP contribution in [0.15, 0.2) is 11.3 Å². The molecule has 0 atom stereocenters. The van der Waals surface area contributed by atoms with Crippen LogP contribution >= 0.6 is 0 Å². The van der Waals surface area contributed by atoms with Crippen molar-refractivity contribution in [2.24, 2.45) is 0 Å². The van der Waals surface area contributed by atoms with E-state index >= 15 is 0 Å². The van der Waals surface area contributed by atoms with Crippen LogP contribution in [-0.4, -0.2) is 19.1 Å². The zero-order chi connectivity index (χ0) is 11.8. The number of hydrogen-bond donors (Lipinski definition) is 1. The summed E-state index contributed by atoms with van der Waals surface area (Å²) in [6, 6.07) is 0. The molecule has 1 saturated heterocycles. The second-order valence-corrected chi connectivity index (χ2v) is 4.17. The molecule has 1 rings (SSSR count). The Kier molecular flexibility index (Phi) is 5.98. The first-order valence-corrected chi connectivity index (χ1v) is 6.42. The fourth-order valence-electron chi connectivity index (χ4n) is 1.96. The standard InChI is InChI=1S/C13H23NO2/c1-3-5-8-11(13(15)16-4-2)12-9-6-7-10-14-12/h14H,3-10H2,1-2H3/b12-11-. The number of esters is 1. The van der Waals surface area contributed by atoms with Crippen molar-refractivity contribution < 1.29 is 9.53 Å². The molecule has 1 N–H and O–H groups in total. The fraction of sp³-hybridized carbons (Fsp3) is 0.769. The van der Waals surface area contributed by atoms with Gasteiger partial charge < -0.3 is 10.1 Å². The van der Waals surface area contributed by atoms with Gasteiger partial charge in [0.25, 0.3) is 0 Å². The number of ether oxygens (including phenoxy) is 1. The van der Waals surface area contributed by atoms with E-state index in [0.29, 0.717) is 6.61 Å². The van der Waals surface area contributed by atoms with Crippen LogP contribution in [0.25, 0.3) is 0 Å². The number of allylic oxidation sites excluding steroid dienone is 1. The third-order valence-corrected chi connectivity index (χ3v) is 2.86. The minimum absolute atomic E-state index is 0.125. The normalized spacial score (nSPS) is 18.9. The van der Waals surface area contributed by atoms with Crippen LogP contribution in [0, 0.1) is 0 Å². The summed E-state index contributed by atoms with van der Waals surface area (Å²) in [6.45, 7) is 5.45. The Morgan fingerprint density at radius 3 is 2.75 bits per heavy atom. The number of hydrogen-bond acceptors (Lipinski definition) is 3. The molecule has 0 bridgehead atoms. The second-order valence-electron chi connectivity index (χ2n) is 4.17. The third kappa shape index (κ3) is 3.87. The second kappa shape index (κ2) is 7.31. The number of rotatable bonds is 5. The summed E-state index contributed by atoms with van der Waals surface area (Å²) in [5.74, 6) is -0.125. The van der Waals surface area contributed by atoms with E-state index in [1.807, 2.05) is 6.92 Å². The molecule has 3 heteroatoms. The van der Waals surface area contributed by atoms with Crippen molar-refractivity contribution in [3.8, 4) is 0 Å². The largest absolute Gasteiger partial charge is 0.463 e. The summed E-state index contributed by atoms with van der Waals surface area (Å²) in [6.07, 6.45) is 6.38. The fourth-order valence-corrected chi connectivity index (χ4v) is 1.96. The first kappa shape index (κ1) is 13.1. The van der Waals surface area contributed by atoms with Crippen molar-refractivity contribution in [2.45, 2.75) is 52.4 Å². The van der Waals surface area contributed by atoms with Gasteiger partial charge in [0.2, 0.25) is 0 Å². The molecule has 0 unspecified atom stereocenters. The van der Waals surface area contributed by atoms with Gasteiger partial charge in [0.1, 0.15) is 0 Å². The van der Waals surface area contributed by atoms with E-state index in [-0.39, 0.29) is 5.97 Å². The molecule has 0 aliphatic carbocycles. The quantitative estimate of drug-likeness (QED) is 0.577. The van der Waals surface area contributed by atoms with Crippen molar-refractivity contribution in [2.75, 3.05) is 13.2 Å². The van der Waals surface area contributed by atoms with Gasteiger partial charge in [-0.05, 0) is 39.0 Å². The molecule has 1 aliphatic heterocycles. The third-order valence-electron chi connectivity index (χ3n) is 2.86. The Labute approximate surface area is 98.2 Å². The molecule has 16 heavy (non-hydrogen) atoms. The van der Waals surface area contributed by atoms with Gasteiger partial charge in [0.05, 0.1) is 12.2 Å². The number of nitrogens with one attached hydrogen (secondary N) is 1. The molecule has 0 aromatic carbocycles. The van der Waals surface area contributed by atoms with Gasteiger partial charge in [-0.1, -0.05) is 13.3 Å². The van der Waals surface area contributed by atoms with Gasteiger partial charge in [0.15, 0.2) is 0 Å². The predicted octanol–water partition coefficient (Wildman–Crippen LogP) is 2.77. The molecule has 1 aliphatic rings. The lowest BCUT2D eigenvalue weighted by Crippen LogP contribution is -2.24. The smallest absolute Gasteiger partial charge is 0.335 e. The molecule has 0 amide bonds. The zero-order valence-corrected chi connectivity index (χ0v) is 10.5. The average molecular weight is 225 g/mol. The van der Waals surface area contributed by atoms with E-state index in [0.717, 1.165) is 43.5 Å². The SMILES string of the molecule is CCCC/C(C(=O)OCC)=C1\CCCCN1. The Balaban J connectivity index is 2.71. The number of carbonyl (C=O) groups excluding carboxylic acids is 1. The number of carbonyl (C=O) groups is 1. The predicted molar refractivity (Wildman–Crippen MR) is 65.0 cm³/mol. The van der Waals surface area contributed by atoms with Gasteiger partial charge >= 0.3 is 5.97 Å². The van der Waals surface area contributed by atoms with Gasteiger partial charge in [-0.3, -0.25) is 0 Å². The summed E-state index contributed by atoms with van der Waals surface area (Å²) >= 11 is 0. The summed E-state index contributed by atoms with van der Waals surface area (Å²) in [5.41, 5.74) is 2.00. The molecular formula is C13H23NO2. The van der Waals surface area contributed by atoms with Crippen LogP contribution in [0.5, 0.6) is 0 Å². The summed E-state index contributed by atoms with van der Waals surface area (Å²) < 4.78 is 5.12. The summed E-state index contributed by atoms with van der Waals surface area (Å²) in [7, 11) is 0. The van der Waals surface area contributed by atoms with Crippen molar-refractivity contribution >= 4 is 5.97 Å². The Bertz CT molecular complexity index is 251. The van der Waals surface area contributed by atoms with Gasteiger partial charge in [-0.25, -0.2) is 4.79 Å². The van der Waals surface area contributed by atoms with Gasteiger partial charge in [-0.2, -0.15) is 0 Å². The zero-order valence-electron chi connectivity index (χ0n) is 10.5. The highest BCUT2D eigenvalue weighted by Crippen LogP contribution is 2.20. The first-order valence-electron chi connectivity index (χ1n) is 6.42. The minimum atomic E-state index is -0.125. The molecule has 3 nitrogen and oxygen atoms in total. The van der Waals surface area contributed by atoms with E-state index in [4.69, 9.17) is 4.74 Å². The highest BCUT2D eigenvalue weighted by atomic mass is 16.5. The topological polar surface area (TPSA) is 38.3 Å². The molecule has 0 spiro atoms. The van der Waals surface area contributed by atoms with Crippen LogP contribution in [0.4, 0.5) is 0 Å². The molecule has 0 aromatic rings. The van der Waals surface area contributed by atoms with Crippen LogP contribution in [-0.2, 0) is 9.53 Å². The highest BCUT2D eigenvalue weighted by molar-refractivity contribution is 5.89. The number of piperidine rings is 1. The van der Waals surface area contributed by atoms with E-state index in [1.54, 1.807) is 0 Å². The molecule has 92 valence electrons. The Morgan fingerprint density at radius 2 is 2.19 bits per heavy atom. The van der Waals surface area contributed by atoms with Crippen LogP contribution in [0.1, 0.15) is 52.4 Å². The average Bonchev–Trinajstić information content (AvgIpc) is 2.31. The van der Waals surface area contributed by atoms with E-state index in [1.165, 1.54) is 12.8 Å². The summed E-state index contributed by atoms with van der Waals surface area (Å²) in [5, 5.41) is 3.35. The maximum atomic E-state index is 11.8. The Hall–Kier alpha value is -0.990. The van der Waals surface area contributed by atoms with E-state index in [2.05, 4.69) is 12.2 Å². The van der Waals surface area contributed by atoms with E-state index in [9.17, 15) is 4.79 Å². The maximum absolute atomic E-state index is 11.8. The van der Waals surface area contributed by atoms with Gasteiger partial charge in [0, 0.05) is 12.2 Å². The Morgan fingerprint density at radius 1 is 1.38 bits per heavy atom. The summed E-state index contributed by atoms with van der Waals surface area (Å²) in [4.78, 5) is 11.8. The lowest BCUT2D eigenvalue weighted by molar-refractivity contribution is -0.138. The lowest BCUT2D eigenvalue weighted by atomic mass is 10.0. The van der Waals surface area contributed by atoms with Crippen molar-refractivity contribution in [3.05, 3.63) is 11.3 Å². The van der Waals surface area contributed by atoms with Crippen LogP contribution < -0.4 is 5.32 Å². The molecule has 0 aromatic heterocycles.